The molecule has 1 saturated carbocycles. The van der Waals surface area contributed by atoms with Gasteiger partial charge in [-0.15, -0.1) is 0 Å². The molecule has 2 fully saturated rings. The summed E-state index contributed by atoms with van der Waals surface area (Å²) < 4.78 is 6.05. The van der Waals surface area contributed by atoms with E-state index < -0.39 is 0 Å². The first-order valence-electron chi connectivity index (χ1n) is 9.55. The van der Waals surface area contributed by atoms with Gasteiger partial charge in [0, 0.05) is 24.7 Å². The molecule has 1 aromatic carbocycles. The maximum absolute atomic E-state index is 8.87. The summed E-state index contributed by atoms with van der Waals surface area (Å²) >= 11 is 0. The summed E-state index contributed by atoms with van der Waals surface area (Å²) in [5.74, 6) is 0.599. The highest BCUT2D eigenvalue weighted by Crippen LogP contribution is 2.27. The van der Waals surface area contributed by atoms with Crippen molar-refractivity contribution in [2.24, 2.45) is 0 Å². The summed E-state index contributed by atoms with van der Waals surface area (Å²) in [5.41, 5.74) is 2.39. The summed E-state index contributed by atoms with van der Waals surface area (Å²) in [6, 6.07) is 10.3. The van der Waals surface area contributed by atoms with E-state index in [-0.39, 0.29) is 6.10 Å². The predicted molar refractivity (Wildman–Crippen MR) is 99.7 cm³/mol. The fraction of sp³-hybridized carbons (Fsp3) is 0.476. The fourth-order valence-corrected chi connectivity index (χ4v) is 4.04. The lowest BCUT2D eigenvalue weighted by atomic mass is 10.0. The molecule has 1 aromatic heterocycles. The zero-order valence-corrected chi connectivity index (χ0v) is 15.0. The minimum atomic E-state index is 0.239. The summed E-state index contributed by atoms with van der Waals surface area (Å²) in [7, 11) is 0. The molecule has 0 N–H and O–H groups in total. The van der Waals surface area contributed by atoms with Gasteiger partial charge in [-0.3, -0.25) is 0 Å². The first-order chi connectivity index (χ1) is 12.8. The zero-order valence-electron chi connectivity index (χ0n) is 15.0. The molecule has 0 unspecified atom stereocenters. The first kappa shape index (κ1) is 17.0. The average Bonchev–Trinajstić information content (AvgIpc) is 3.24. The van der Waals surface area contributed by atoms with E-state index in [9.17, 15) is 0 Å². The van der Waals surface area contributed by atoms with Crippen molar-refractivity contribution in [3.63, 3.8) is 0 Å². The number of ether oxygens (including phenoxy) is 1. The number of rotatable bonds is 4. The van der Waals surface area contributed by atoms with E-state index in [1.807, 2.05) is 12.1 Å². The molecule has 1 aliphatic carbocycles. The minimum Gasteiger partial charge on any atom is -0.473 e. The molecule has 2 aromatic rings. The Morgan fingerprint density at radius 2 is 1.69 bits per heavy atom. The van der Waals surface area contributed by atoms with Gasteiger partial charge in [0.25, 0.3) is 0 Å². The van der Waals surface area contributed by atoms with Crippen molar-refractivity contribution in [2.75, 3.05) is 13.1 Å². The molecule has 5 heteroatoms. The topological polar surface area (TPSA) is 62.0 Å². The van der Waals surface area contributed by atoms with Crippen LogP contribution in [0.1, 0.15) is 44.1 Å². The second-order valence-electron chi connectivity index (χ2n) is 7.22. The van der Waals surface area contributed by atoms with Crippen molar-refractivity contribution in [3.8, 4) is 23.2 Å². The van der Waals surface area contributed by atoms with Gasteiger partial charge < -0.3 is 9.64 Å². The molecular formula is C21H24N4O. The Hall–Kier alpha value is -2.45. The van der Waals surface area contributed by atoms with E-state index in [0.29, 0.717) is 11.4 Å². The highest BCUT2D eigenvalue weighted by atomic mass is 16.5. The number of hydrogen-bond acceptors (Lipinski definition) is 5. The highest BCUT2D eigenvalue weighted by molar-refractivity contribution is 5.59. The Labute approximate surface area is 154 Å². The number of hydrogen-bond donors (Lipinski definition) is 0. The van der Waals surface area contributed by atoms with E-state index in [1.54, 1.807) is 24.5 Å². The molecule has 134 valence electrons. The monoisotopic (exact) mass is 348 g/mol. The maximum atomic E-state index is 8.87. The number of aromatic nitrogens is 2. The van der Waals surface area contributed by atoms with Gasteiger partial charge in [0.1, 0.15) is 6.10 Å². The van der Waals surface area contributed by atoms with E-state index in [1.165, 1.54) is 25.7 Å². The zero-order chi connectivity index (χ0) is 17.8. The van der Waals surface area contributed by atoms with Crippen LogP contribution in [0.15, 0.2) is 36.7 Å². The Kier molecular flexibility index (Phi) is 5.12. The number of benzene rings is 1. The Balaban J connectivity index is 1.32. The molecule has 5 nitrogen and oxygen atoms in total. The summed E-state index contributed by atoms with van der Waals surface area (Å²) in [6.45, 7) is 2.26. The van der Waals surface area contributed by atoms with Crippen LogP contribution in [0.4, 0.5) is 0 Å². The number of likely N-dealkylation sites (tertiary alicyclic amines) is 1. The largest absolute Gasteiger partial charge is 0.473 e. The van der Waals surface area contributed by atoms with E-state index in [2.05, 4.69) is 20.9 Å². The lowest BCUT2D eigenvalue weighted by molar-refractivity contribution is 0.0738. The van der Waals surface area contributed by atoms with Gasteiger partial charge in [0.2, 0.25) is 5.88 Å². The van der Waals surface area contributed by atoms with Crippen LogP contribution in [-0.2, 0) is 0 Å². The van der Waals surface area contributed by atoms with Crippen molar-refractivity contribution in [1.82, 2.24) is 14.9 Å². The number of piperidine rings is 1. The first-order valence-corrected chi connectivity index (χ1v) is 9.55. The molecule has 1 aliphatic heterocycles. The molecule has 2 heterocycles. The fourth-order valence-electron chi connectivity index (χ4n) is 4.04. The molecule has 0 radical (unpaired) electrons. The molecule has 0 spiro atoms. The second kappa shape index (κ2) is 7.84. The highest BCUT2D eigenvalue weighted by Gasteiger charge is 2.27. The Morgan fingerprint density at radius 1 is 0.962 bits per heavy atom. The van der Waals surface area contributed by atoms with Crippen molar-refractivity contribution in [2.45, 2.75) is 50.7 Å². The second-order valence-corrected chi connectivity index (χ2v) is 7.22. The van der Waals surface area contributed by atoms with Gasteiger partial charge in [0.05, 0.1) is 29.7 Å². The van der Waals surface area contributed by atoms with E-state index in [4.69, 9.17) is 10.00 Å². The van der Waals surface area contributed by atoms with Crippen LogP contribution in [-0.4, -0.2) is 40.1 Å². The molecule has 2 aliphatic rings. The lowest BCUT2D eigenvalue weighted by Crippen LogP contribution is -2.43. The van der Waals surface area contributed by atoms with Crippen LogP contribution in [0, 0.1) is 11.3 Å². The third kappa shape index (κ3) is 3.86. The lowest BCUT2D eigenvalue weighted by Gasteiger charge is -2.35. The molecule has 0 amide bonds. The van der Waals surface area contributed by atoms with Crippen LogP contribution in [0.2, 0.25) is 0 Å². The van der Waals surface area contributed by atoms with Gasteiger partial charge in [-0.1, -0.05) is 25.0 Å². The van der Waals surface area contributed by atoms with Gasteiger partial charge in [-0.25, -0.2) is 9.97 Å². The van der Waals surface area contributed by atoms with Gasteiger partial charge in [-0.2, -0.15) is 5.26 Å². The van der Waals surface area contributed by atoms with Crippen LogP contribution in [0.3, 0.4) is 0 Å². The number of nitrogens with zero attached hydrogens (tertiary/aromatic N) is 4. The summed E-state index contributed by atoms with van der Waals surface area (Å²) in [6.07, 6.45) is 11.3. The van der Waals surface area contributed by atoms with Gasteiger partial charge >= 0.3 is 0 Å². The Bertz CT molecular complexity index is 752. The molecular weight excluding hydrogens is 324 g/mol. The van der Waals surface area contributed by atoms with Crippen LogP contribution >= 0.6 is 0 Å². The van der Waals surface area contributed by atoms with Crippen molar-refractivity contribution < 1.29 is 4.74 Å². The predicted octanol–water partition coefficient (Wildman–Crippen LogP) is 3.80. The Morgan fingerprint density at radius 3 is 2.31 bits per heavy atom. The summed E-state index contributed by atoms with van der Waals surface area (Å²) in [5, 5.41) is 8.87. The molecule has 4 rings (SSSR count). The van der Waals surface area contributed by atoms with Crippen molar-refractivity contribution >= 4 is 0 Å². The summed E-state index contributed by atoms with van der Waals surface area (Å²) in [4.78, 5) is 11.5. The minimum absolute atomic E-state index is 0.239. The quantitative estimate of drug-likeness (QED) is 0.841. The molecule has 26 heavy (non-hydrogen) atoms. The molecule has 0 bridgehead atoms. The standard InChI is InChI=1S/C21H24N4O/c22-13-16-5-7-17(8-6-16)20-14-24-21(15-23-20)26-19-9-11-25(12-10-19)18-3-1-2-4-18/h5-8,14-15,18-19H,1-4,9-12H2. The van der Waals surface area contributed by atoms with E-state index >= 15 is 0 Å². The third-order valence-electron chi connectivity index (χ3n) is 5.54. The molecule has 0 atom stereocenters. The van der Waals surface area contributed by atoms with Gasteiger partial charge in [-0.05, 0) is 37.8 Å². The smallest absolute Gasteiger partial charge is 0.232 e. The van der Waals surface area contributed by atoms with E-state index in [0.717, 1.165) is 43.2 Å². The van der Waals surface area contributed by atoms with Crippen LogP contribution in [0.5, 0.6) is 5.88 Å². The molecule has 1 saturated heterocycles. The van der Waals surface area contributed by atoms with Crippen molar-refractivity contribution in [1.29, 1.82) is 5.26 Å². The third-order valence-corrected chi connectivity index (χ3v) is 5.54. The van der Waals surface area contributed by atoms with Gasteiger partial charge in [0.15, 0.2) is 0 Å². The van der Waals surface area contributed by atoms with Crippen LogP contribution < -0.4 is 4.74 Å². The normalized spacial score (nSPS) is 19.3. The van der Waals surface area contributed by atoms with Crippen LogP contribution in [0.25, 0.3) is 11.3 Å². The van der Waals surface area contributed by atoms with Crippen molar-refractivity contribution in [3.05, 3.63) is 42.2 Å². The maximum Gasteiger partial charge on any atom is 0.232 e. The average molecular weight is 348 g/mol. The number of nitriles is 1. The SMILES string of the molecule is N#Cc1ccc(-c2cnc(OC3CCN(C4CCCC4)CC3)cn2)cc1.